The van der Waals surface area contributed by atoms with Crippen molar-refractivity contribution in [3.05, 3.63) is 29.8 Å². The molecule has 2 N–H and O–H groups in total. The van der Waals surface area contributed by atoms with E-state index < -0.39 is 22.0 Å². The minimum absolute atomic E-state index is 0.322. The number of benzene rings is 1. The van der Waals surface area contributed by atoms with Crippen LogP contribution in [0.5, 0.6) is 0 Å². The van der Waals surface area contributed by atoms with Crippen LogP contribution in [-0.4, -0.2) is 54.2 Å². The van der Waals surface area contributed by atoms with Crippen LogP contribution in [0.25, 0.3) is 0 Å². The molecule has 0 radical (unpaired) electrons. The van der Waals surface area contributed by atoms with Gasteiger partial charge in [-0.2, -0.15) is 0 Å². The van der Waals surface area contributed by atoms with Crippen LogP contribution >= 0.6 is 11.8 Å². The van der Waals surface area contributed by atoms with Crippen LogP contribution in [-0.2, 0) is 14.8 Å². The highest BCUT2D eigenvalue weighted by Crippen LogP contribution is 2.23. The van der Waals surface area contributed by atoms with Crippen LogP contribution < -0.4 is 4.72 Å². The molecular weight excluding hydrogens is 316 g/mol. The summed E-state index contributed by atoms with van der Waals surface area (Å²) in [5.41, 5.74) is 0.669. The number of carboxylic acid groups (broad SMARTS) is 1. The number of nitrogens with zero attached hydrogens (tertiary/aromatic N) is 1. The Bertz CT molecular complexity index is 657. The number of anilines is 1. The number of carboxylic acids is 1. The van der Waals surface area contributed by atoms with Crippen molar-refractivity contribution < 1.29 is 23.1 Å². The molecule has 1 amide bonds. The number of hydrogen-bond acceptors (Lipinski definition) is 5. The Morgan fingerprint density at radius 1 is 1.33 bits per heavy atom. The molecule has 1 fully saturated rings. The van der Waals surface area contributed by atoms with Gasteiger partial charge in [-0.3, -0.25) is 9.52 Å². The quantitative estimate of drug-likeness (QED) is 0.840. The fraction of sp³-hybridized carbons (Fsp3) is 0.333. The Labute approximate surface area is 126 Å². The smallest absolute Gasteiger partial charge is 0.327 e. The molecule has 1 aromatic rings. The van der Waals surface area contributed by atoms with Crippen molar-refractivity contribution in [2.24, 2.45) is 0 Å². The number of thioether (sulfide) groups is 1. The van der Waals surface area contributed by atoms with Crippen molar-refractivity contribution in [2.45, 2.75) is 6.04 Å². The molecule has 114 valence electrons. The second kappa shape index (κ2) is 5.94. The maximum absolute atomic E-state index is 12.3. The monoisotopic (exact) mass is 330 g/mol. The summed E-state index contributed by atoms with van der Waals surface area (Å²) in [6, 6.07) is 5.05. The van der Waals surface area contributed by atoms with Gasteiger partial charge in [0, 0.05) is 17.0 Å². The van der Waals surface area contributed by atoms with Gasteiger partial charge in [0.1, 0.15) is 6.04 Å². The molecule has 0 aromatic heterocycles. The first-order valence-corrected chi connectivity index (χ1v) is 9.02. The summed E-state index contributed by atoms with van der Waals surface area (Å²) in [6.07, 6.45) is 1.03. The number of rotatable bonds is 4. The molecule has 1 atom stereocenters. The maximum Gasteiger partial charge on any atom is 0.327 e. The molecule has 1 heterocycles. The lowest BCUT2D eigenvalue weighted by Gasteiger charge is -2.20. The van der Waals surface area contributed by atoms with Crippen LogP contribution in [0.3, 0.4) is 0 Å². The van der Waals surface area contributed by atoms with Crippen molar-refractivity contribution in [3.63, 3.8) is 0 Å². The van der Waals surface area contributed by atoms with E-state index in [9.17, 15) is 18.0 Å². The topological polar surface area (TPSA) is 104 Å². The number of nitrogens with one attached hydrogen (secondary N) is 1. The summed E-state index contributed by atoms with van der Waals surface area (Å²) >= 11 is 1.39. The Kier molecular flexibility index (Phi) is 4.43. The minimum Gasteiger partial charge on any atom is -0.480 e. The molecule has 0 unspecified atom stereocenters. The molecule has 0 saturated carbocycles. The average Bonchev–Trinajstić information content (AvgIpc) is 2.86. The Hall–Kier alpha value is -1.74. The Morgan fingerprint density at radius 3 is 2.48 bits per heavy atom. The number of carbonyl (C=O) groups excluding carboxylic acids is 1. The third kappa shape index (κ3) is 3.88. The van der Waals surface area contributed by atoms with E-state index in [-0.39, 0.29) is 5.91 Å². The number of amides is 1. The predicted octanol–water partition coefficient (Wildman–Crippen LogP) is 0.658. The highest BCUT2D eigenvalue weighted by molar-refractivity contribution is 7.99. The zero-order valence-electron chi connectivity index (χ0n) is 11.1. The van der Waals surface area contributed by atoms with E-state index in [0.29, 0.717) is 22.9 Å². The van der Waals surface area contributed by atoms with Gasteiger partial charge in [0.15, 0.2) is 0 Å². The normalized spacial score (nSPS) is 18.5. The Morgan fingerprint density at radius 2 is 1.95 bits per heavy atom. The minimum atomic E-state index is -3.37. The molecule has 21 heavy (non-hydrogen) atoms. The number of sulfonamides is 1. The highest BCUT2D eigenvalue weighted by Gasteiger charge is 2.34. The zero-order valence-corrected chi connectivity index (χ0v) is 12.8. The number of aliphatic carboxylic acids is 1. The second-order valence-corrected chi connectivity index (χ2v) is 7.33. The molecular formula is C12H14N2O5S2. The summed E-state index contributed by atoms with van der Waals surface area (Å²) in [7, 11) is -3.37. The summed E-state index contributed by atoms with van der Waals surface area (Å²) in [6.45, 7) is 0. The molecule has 1 aliphatic rings. The van der Waals surface area contributed by atoms with E-state index in [1.54, 1.807) is 0 Å². The molecule has 9 heteroatoms. The van der Waals surface area contributed by atoms with E-state index in [2.05, 4.69) is 4.72 Å². The van der Waals surface area contributed by atoms with Gasteiger partial charge in [0.2, 0.25) is 10.0 Å². The lowest BCUT2D eigenvalue weighted by Crippen LogP contribution is -2.41. The van der Waals surface area contributed by atoms with Gasteiger partial charge in [-0.1, -0.05) is 0 Å². The van der Waals surface area contributed by atoms with E-state index in [1.807, 2.05) is 0 Å². The SMILES string of the molecule is CS(=O)(=O)Nc1ccc(C(=O)N2CSC[C@H]2C(=O)O)cc1. The summed E-state index contributed by atoms with van der Waals surface area (Å²) < 4.78 is 24.5. The van der Waals surface area contributed by atoms with Crippen LogP contribution in [0.4, 0.5) is 5.69 Å². The fourth-order valence-corrected chi connectivity index (χ4v) is 3.62. The van der Waals surface area contributed by atoms with Crippen LogP contribution in [0.1, 0.15) is 10.4 Å². The van der Waals surface area contributed by atoms with Crippen molar-refractivity contribution in [2.75, 3.05) is 22.6 Å². The first kappa shape index (κ1) is 15.6. The first-order valence-electron chi connectivity index (χ1n) is 5.97. The van der Waals surface area contributed by atoms with Crippen molar-refractivity contribution in [1.29, 1.82) is 0 Å². The van der Waals surface area contributed by atoms with Crippen LogP contribution in [0.2, 0.25) is 0 Å². The van der Waals surface area contributed by atoms with Crippen molar-refractivity contribution >= 4 is 39.3 Å². The standard InChI is InChI=1S/C12H14N2O5S2/c1-21(18,19)13-9-4-2-8(3-5-9)11(15)14-7-20-6-10(14)12(16)17/h2-5,10,13H,6-7H2,1H3,(H,16,17)/t10-/m0/s1. The molecule has 1 aromatic carbocycles. The van der Waals surface area contributed by atoms with Gasteiger partial charge in [0.25, 0.3) is 5.91 Å². The molecule has 0 spiro atoms. The third-order valence-corrected chi connectivity index (χ3v) is 4.48. The zero-order chi connectivity index (χ0) is 15.6. The molecule has 7 nitrogen and oxygen atoms in total. The summed E-state index contributed by atoms with van der Waals surface area (Å²) in [5.74, 6) is -0.699. The summed E-state index contributed by atoms with van der Waals surface area (Å²) in [4.78, 5) is 24.6. The lowest BCUT2D eigenvalue weighted by atomic mass is 10.1. The van der Waals surface area contributed by atoms with Crippen molar-refractivity contribution in [1.82, 2.24) is 4.90 Å². The number of carbonyl (C=O) groups is 2. The first-order chi connectivity index (χ1) is 9.78. The molecule has 1 saturated heterocycles. The van der Waals surface area contributed by atoms with Gasteiger partial charge in [-0.05, 0) is 24.3 Å². The van der Waals surface area contributed by atoms with E-state index in [4.69, 9.17) is 5.11 Å². The lowest BCUT2D eigenvalue weighted by molar-refractivity contribution is -0.140. The molecule has 0 aliphatic carbocycles. The maximum atomic E-state index is 12.3. The Balaban J connectivity index is 2.15. The van der Waals surface area contributed by atoms with Gasteiger partial charge < -0.3 is 10.0 Å². The fourth-order valence-electron chi connectivity index (χ4n) is 1.91. The predicted molar refractivity (Wildman–Crippen MR) is 79.8 cm³/mol. The number of hydrogen-bond donors (Lipinski definition) is 2. The van der Waals surface area contributed by atoms with Gasteiger partial charge in [0.05, 0.1) is 12.1 Å². The summed E-state index contributed by atoms with van der Waals surface area (Å²) in [5, 5.41) is 9.07. The van der Waals surface area contributed by atoms with Crippen LogP contribution in [0.15, 0.2) is 24.3 Å². The van der Waals surface area contributed by atoms with Gasteiger partial charge >= 0.3 is 5.97 Å². The van der Waals surface area contributed by atoms with Gasteiger partial charge in [-0.25, -0.2) is 13.2 Å². The third-order valence-electron chi connectivity index (χ3n) is 2.86. The van der Waals surface area contributed by atoms with Gasteiger partial charge in [-0.15, -0.1) is 11.8 Å². The van der Waals surface area contributed by atoms with Crippen LogP contribution in [0, 0.1) is 0 Å². The average molecular weight is 330 g/mol. The second-order valence-electron chi connectivity index (χ2n) is 4.58. The van der Waals surface area contributed by atoms with E-state index >= 15 is 0 Å². The molecule has 0 bridgehead atoms. The largest absolute Gasteiger partial charge is 0.480 e. The van der Waals surface area contributed by atoms with Crippen molar-refractivity contribution in [3.8, 4) is 0 Å². The molecule has 2 rings (SSSR count). The molecule has 1 aliphatic heterocycles. The van der Waals surface area contributed by atoms with E-state index in [1.165, 1.54) is 40.9 Å². The highest BCUT2D eigenvalue weighted by atomic mass is 32.2. The van der Waals surface area contributed by atoms with E-state index in [0.717, 1.165) is 6.26 Å².